The van der Waals surface area contributed by atoms with Gasteiger partial charge in [-0.2, -0.15) is 0 Å². The lowest BCUT2D eigenvalue weighted by Gasteiger charge is -1.88. The van der Waals surface area contributed by atoms with Crippen molar-refractivity contribution in [3.8, 4) is 0 Å². The molecule has 0 bridgehead atoms. The summed E-state index contributed by atoms with van der Waals surface area (Å²) in [6.07, 6.45) is 0. The Bertz CT molecular complexity index is 283. The first-order chi connectivity index (χ1) is 5.11. The molecule has 0 atom stereocenters. The number of aryl methyl sites for hydroxylation is 1. The van der Waals surface area contributed by atoms with Gasteiger partial charge in [0, 0.05) is 6.92 Å². The average Bonchev–Trinajstić information content (AvgIpc) is 2.18. The Balaban J connectivity index is 0.00000121. The molecular weight excluding hydrogens is 224 g/mol. The van der Waals surface area contributed by atoms with Gasteiger partial charge < -0.3 is 17.0 Å². The number of Topliss-reactive ketones (excluding diaryl/α,β-unsaturated/α-hetero) is 1. The number of aromatic nitrogens is 4. The SMILES string of the molecule is CC(=O)Cn1nn[n+](C)c1C.[Br-]. The lowest BCUT2D eigenvalue weighted by Crippen LogP contribution is -3.00. The van der Waals surface area contributed by atoms with Crippen LogP contribution in [0.2, 0.25) is 0 Å². The van der Waals surface area contributed by atoms with Gasteiger partial charge in [0.05, 0.1) is 7.05 Å². The molecule has 0 radical (unpaired) electrons. The highest BCUT2D eigenvalue weighted by Crippen LogP contribution is 1.85. The van der Waals surface area contributed by atoms with Crippen LogP contribution < -0.4 is 21.7 Å². The molecule has 0 aliphatic carbocycles. The van der Waals surface area contributed by atoms with Crippen LogP contribution >= 0.6 is 0 Å². The minimum atomic E-state index is 0. The molecule has 1 aromatic heterocycles. The van der Waals surface area contributed by atoms with Crippen molar-refractivity contribution in [1.29, 1.82) is 0 Å². The lowest BCUT2D eigenvalue weighted by molar-refractivity contribution is -0.737. The molecule has 6 heteroatoms. The summed E-state index contributed by atoms with van der Waals surface area (Å²) in [6, 6.07) is 0. The summed E-state index contributed by atoms with van der Waals surface area (Å²) in [5, 5.41) is 7.51. The second kappa shape index (κ2) is 4.30. The topological polar surface area (TPSA) is 51.7 Å². The third-order valence-corrected chi connectivity index (χ3v) is 1.50. The summed E-state index contributed by atoms with van der Waals surface area (Å²) in [5.74, 6) is 0.957. The molecule has 1 aromatic rings. The van der Waals surface area contributed by atoms with Crippen LogP contribution in [-0.2, 0) is 18.4 Å². The highest BCUT2D eigenvalue weighted by molar-refractivity contribution is 5.75. The van der Waals surface area contributed by atoms with E-state index >= 15 is 0 Å². The Morgan fingerprint density at radius 1 is 1.67 bits per heavy atom. The number of tetrazole rings is 1. The van der Waals surface area contributed by atoms with Gasteiger partial charge >= 0.3 is 0 Å². The standard InChI is InChI=1S/C6H11N4O.BrH/c1-5(11)4-10-6(2)9(3)7-8-10;/h4H2,1-3H3;1H/q+1;/p-1. The Labute approximate surface area is 81.1 Å². The van der Waals surface area contributed by atoms with E-state index in [1.54, 1.807) is 16.4 Å². The fourth-order valence-corrected chi connectivity index (χ4v) is 0.762. The molecule has 0 aliphatic heterocycles. The molecule has 0 saturated carbocycles. The summed E-state index contributed by atoms with van der Waals surface area (Å²) >= 11 is 0. The number of nitrogens with zero attached hydrogens (tertiary/aromatic N) is 4. The Morgan fingerprint density at radius 3 is 2.58 bits per heavy atom. The van der Waals surface area contributed by atoms with Crippen molar-refractivity contribution in [3.63, 3.8) is 0 Å². The molecule has 0 aliphatic rings. The van der Waals surface area contributed by atoms with Crippen molar-refractivity contribution in [2.75, 3.05) is 0 Å². The monoisotopic (exact) mass is 234 g/mol. The van der Waals surface area contributed by atoms with Gasteiger partial charge in [0.15, 0.2) is 17.5 Å². The predicted molar refractivity (Wildman–Crippen MR) is 36.6 cm³/mol. The van der Waals surface area contributed by atoms with Gasteiger partial charge in [-0.15, -0.1) is 4.68 Å². The number of rotatable bonds is 2. The molecule has 0 aromatic carbocycles. The fraction of sp³-hybridized carbons (Fsp3) is 0.667. The van der Waals surface area contributed by atoms with Crippen molar-refractivity contribution in [3.05, 3.63) is 5.82 Å². The summed E-state index contributed by atoms with van der Waals surface area (Å²) in [6.45, 7) is 3.70. The first-order valence-corrected chi connectivity index (χ1v) is 3.37. The maximum absolute atomic E-state index is 10.7. The van der Waals surface area contributed by atoms with Crippen molar-refractivity contribution in [2.24, 2.45) is 7.05 Å². The quantitative estimate of drug-likeness (QED) is 0.491. The summed E-state index contributed by atoms with van der Waals surface area (Å²) in [5.41, 5.74) is 0. The molecule has 0 spiro atoms. The van der Waals surface area contributed by atoms with Crippen LogP contribution in [0.1, 0.15) is 12.7 Å². The van der Waals surface area contributed by atoms with E-state index < -0.39 is 0 Å². The molecule has 0 amide bonds. The van der Waals surface area contributed by atoms with Gasteiger partial charge in [-0.25, -0.2) is 0 Å². The Hall–Kier alpha value is -0.780. The molecule has 68 valence electrons. The van der Waals surface area contributed by atoms with Crippen molar-refractivity contribution in [1.82, 2.24) is 15.1 Å². The molecule has 12 heavy (non-hydrogen) atoms. The lowest BCUT2D eigenvalue weighted by atomic mass is 10.4. The van der Waals surface area contributed by atoms with Gasteiger partial charge in [0.25, 0.3) is 5.82 Å². The van der Waals surface area contributed by atoms with Gasteiger partial charge in [-0.3, -0.25) is 4.79 Å². The highest BCUT2D eigenvalue weighted by atomic mass is 79.9. The largest absolute Gasteiger partial charge is 1.00 e. The maximum atomic E-state index is 10.7. The first kappa shape index (κ1) is 11.2. The third-order valence-electron chi connectivity index (χ3n) is 1.50. The number of carbonyl (C=O) groups excluding carboxylic acids is 1. The molecule has 1 rings (SSSR count). The third kappa shape index (κ3) is 2.37. The highest BCUT2D eigenvalue weighted by Gasteiger charge is 2.13. The molecule has 0 unspecified atom stereocenters. The molecule has 5 nitrogen and oxygen atoms in total. The maximum Gasteiger partial charge on any atom is 0.254 e. The smallest absolute Gasteiger partial charge is 0.254 e. The second-order valence-corrected chi connectivity index (χ2v) is 2.51. The summed E-state index contributed by atoms with van der Waals surface area (Å²) < 4.78 is 3.20. The van der Waals surface area contributed by atoms with Crippen LogP contribution in [0.15, 0.2) is 0 Å². The Kier molecular flexibility index (Phi) is 4.02. The zero-order valence-electron chi connectivity index (χ0n) is 7.28. The number of hydrogen-bond acceptors (Lipinski definition) is 3. The number of ketones is 1. The zero-order chi connectivity index (χ0) is 8.43. The van der Waals surface area contributed by atoms with Crippen molar-refractivity contribution < 1.29 is 26.5 Å². The van der Waals surface area contributed by atoms with Crippen LogP contribution in [0.3, 0.4) is 0 Å². The normalized spacial score (nSPS) is 9.25. The van der Waals surface area contributed by atoms with Crippen molar-refractivity contribution in [2.45, 2.75) is 20.4 Å². The van der Waals surface area contributed by atoms with E-state index in [1.165, 1.54) is 6.92 Å². The molecule has 1 heterocycles. The number of halogens is 1. The molecular formula is C6H11BrN4O. The average molecular weight is 235 g/mol. The summed E-state index contributed by atoms with van der Waals surface area (Å²) in [7, 11) is 1.79. The second-order valence-electron chi connectivity index (χ2n) is 2.51. The van der Waals surface area contributed by atoms with E-state index in [9.17, 15) is 4.79 Å². The predicted octanol–water partition coefficient (Wildman–Crippen LogP) is -4.00. The van der Waals surface area contributed by atoms with Crippen LogP contribution in [0.25, 0.3) is 0 Å². The van der Waals surface area contributed by atoms with E-state index in [0.717, 1.165) is 5.82 Å². The van der Waals surface area contributed by atoms with Crippen LogP contribution in [0.5, 0.6) is 0 Å². The fourth-order valence-electron chi connectivity index (χ4n) is 0.762. The van der Waals surface area contributed by atoms with E-state index in [1.807, 2.05) is 6.92 Å². The minimum Gasteiger partial charge on any atom is -1.00 e. The number of carbonyl (C=O) groups is 1. The molecule has 0 N–H and O–H groups in total. The van der Waals surface area contributed by atoms with E-state index in [-0.39, 0.29) is 22.8 Å². The van der Waals surface area contributed by atoms with Crippen molar-refractivity contribution >= 4 is 5.78 Å². The van der Waals surface area contributed by atoms with Gasteiger partial charge in [0.2, 0.25) is 0 Å². The number of hydrogen-bond donors (Lipinski definition) is 0. The molecule has 0 saturated heterocycles. The van der Waals surface area contributed by atoms with Crippen LogP contribution in [0.4, 0.5) is 0 Å². The van der Waals surface area contributed by atoms with E-state index in [2.05, 4.69) is 10.4 Å². The van der Waals surface area contributed by atoms with Gasteiger partial charge in [0.1, 0.15) is 5.21 Å². The van der Waals surface area contributed by atoms with Crippen LogP contribution in [0, 0.1) is 6.92 Å². The van der Waals surface area contributed by atoms with E-state index in [4.69, 9.17) is 0 Å². The van der Waals surface area contributed by atoms with Crippen LogP contribution in [-0.4, -0.2) is 20.9 Å². The first-order valence-electron chi connectivity index (χ1n) is 3.37. The summed E-state index contributed by atoms with van der Waals surface area (Å²) in [4.78, 5) is 10.7. The Morgan fingerprint density at radius 2 is 2.25 bits per heavy atom. The molecule has 0 fully saturated rings. The zero-order valence-corrected chi connectivity index (χ0v) is 8.87. The van der Waals surface area contributed by atoms with Gasteiger partial charge in [-0.1, -0.05) is 4.68 Å². The van der Waals surface area contributed by atoms with Gasteiger partial charge in [-0.05, 0) is 6.92 Å². The minimum absolute atomic E-state index is 0. The van der Waals surface area contributed by atoms with E-state index in [0.29, 0.717) is 6.54 Å².